The number of amides is 1. The van der Waals surface area contributed by atoms with Crippen LogP contribution >= 0.6 is 0 Å². The van der Waals surface area contributed by atoms with Crippen molar-refractivity contribution in [2.75, 3.05) is 11.9 Å². The molecule has 0 bridgehead atoms. The van der Waals surface area contributed by atoms with E-state index < -0.39 is 0 Å². The Labute approximate surface area is 122 Å². The summed E-state index contributed by atoms with van der Waals surface area (Å²) in [5, 5.41) is 3.60. The van der Waals surface area contributed by atoms with Crippen molar-refractivity contribution in [2.24, 2.45) is 5.92 Å². The number of benzene rings is 1. The average molecular weight is 274 g/mol. The molecule has 0 saturated heterocycles. The summed E-state index contributed by atoms with van der Waals surface area (Å²) >= 11 is 0. The van der Waals surface area contributed by atoms with Gasteiger partial charge in [-0.15, -0.1) is 0 Å². The summed E-state index contributed by atoms with van der Waals surface area (Å²) in [6.45, 7) is 9.54. The third-order valence-electron chi connectivity index (χ3n) is 3.94. The minimum absolute atomic E-state index is 0.163. The maximum atomic E-state index is 12.8. The molecule has 0 spiro atoms. The fraction of sp³-hybridized carbons (Fsp3) is 0.588. The molecule has 20 heavy (non-hydrogen) atoms. The van der Waals surface area contributed by atoms with E-state index in [0.717, 1.165) is 37.1 Å². The number of carbonyl (C=O) groups excluding carboxylic acids is 1. The molecular formula is C17H26N2O. The molecule has 0 aliphatic carbocycles. The Kier molecular flexibility index (Phi) is 4.36. The SMILES string of the molecule is CCCCN1C(=O)c2ccccc2NC1(C)CC(C)C. The van der Waals surface area contributed by atoms with Gasteiger partial charge in [0, 0.05) is 12.2 Å². The number of carbonyl (C=O) groups is 1. The molecule has 3 nitrogen and oxygen atoms in total. The molecule has 1 aromatic carbocycles. The van der Waals surface area contributed by atoms with Gasteiger partial charge in [-0.05, 0) is 37.8 Å². The number of nitrogens with zero attached hydrogens (tertiary/aromatic N) is 1. The maximum absolute atomic E-state index is 12.8. The van der Waals surface area contributed by atoms with Crippen LogP contribution in [-0.4, -0.2) is 23.0 Å². The van der Waals surface area contributed by atoms with Crippen LogP contribution in [0.15, 0.2) is 24.3 Å². The first-order valence-corrected chi connectivity index (χ1v) is 7.67. The van der Waals surface area contributed by atoms with Gasteiger partial charge in [-0.1, -0.05) is 39.3 Å². The van der Waals surface area contributed by atoms with Gasteiger partial charge in [-0.2, -0.15) is 0 Å². The second-order valence-corrected chi connectivity index (χ2v) is 6.35. The number of para-hydroxylation sites is 1. The lowest BCUT2D eigenvalue weighted by Crippen LogP contribution is -2.58. The second kappa shape index (κ2) is 5.86. The van der Waals surface area contributed by atoms with Crippen molar-refractivity contribution >= 4 is 11.6 Å². The highest BCUT2D eigenvalue weighted by molar-refractivity contribution is 6.02. The van der Waals surface area contributed by atoms with E-state index in [1.807, 2.05) is 29.2 Å². The van der Waals surface area contributed by atoms with E-state index in [-0.39, 0.29) is 11.6 Å². The highest BCUT2D eigenvalue weighted by Crippen LogP contribution is 2.34. The molecule has 1 aliphatic rings. The Balaban J connectivity index is 2.36. The lowest BCUT2D eigenvalue weighted by atomic mass is 9.92. The second-order valence-electron chi connectivity index (χ2n) is 6.35. The van der Waals surface area contributed by atoms with Crippen LogP contribution in [0.3, 0.4) is 0 Å². The van der Waals surface area contributed by atoms with E-state index in [1.54, 1.807) is 0 Å². The van der Waals surface area contributed by atoms with Gasteiger partial charge in [0.25, 0.3) is 5.91 Å². The van der Waals surface area contributed by atoms with E-state index in [9.17, 15) is 4.79 Å². The Morgan fingerprint density at radius 1 is 1.30 bits per heavy atom. The molecule has 110 valence electrons. The van der Waals surface area contributed by atoms with Gasteiger partial charge in [-0.3, -0.25) is 4.79 Å². The standard InChI is InChI=1S/C17H26N2O/c1-5-6-11-19-16(20)14-9-7-8-10-15(14)18-17(19,4)12-13(2)3/h7-10,13,18H,5-6,11-12H2,1-4H3. The summed E-state index contributed by atoms with van der Waals surface area (Å²) in [5.41, 5.74) is 1.48. The fourth-order valence-electron chi connectivity index (χ4n) is 3.13. The first kappa shape index (κ1) is 14.9. The number of nitrogens with one attached hydrogen (secondary N) is 1. The molecule has 1 aromatic rings. The molecule has 1 atom stereocenters. The molecule has 1 N–H and O–H groups in total. The summed E-state index contributed by atoms with van der Waals surface area (Å²) in [5.74, 6) is 0.700. The zero-order valence-electron chi connectivity index (χ0n) is 13.1. The Morgan fingerprint density at radius 2 is 2.00 bits per heavy atom. The van der Waals surface area contributed by atoms with Crippen LogP contribution < -0.4 is 5.32 Å². The highest BCUT2D eigenvalue weighted by Gasteiger charge is 2.40. The molecule has 0 radical (unpaired) electrons. The lowest BCUT2D eigenvalue weighted by molar-refractivity contribution is 0.0492. The molecule has 0 fully saturated rings. The third-order valence-corrected chi connectivity index (χ3v) is 3.94. The summed E-state index contributed by atoms with van der Waals surface area (Å²) in [4.78, 5) is 14.8. The number of anilines is 1. The van der Waals surface area contributed by atoms with Gasteiger partial charge in [0.2, 0.25) is 0 Å². The van der Waals surface area contributed by atoms with Gasteiger partial charge < -0.3 is 10.2 Å². The van der Waals surface area contributed by atoms with Crippen molar-refractivity contribution in [1.29, 1.82) is 0 Å². The van der Waals surface area contributed by atoms with Crippen LogP contribution in [0.1, 0.15) is 57.3 Å². The summed E-state index contributed by atoms with van der Waals surface area (Å²) in [6, 6.07) is 7.83. The first-order chi connectivity index (χ1) is 9.48. The predicted octanol–water partition coefficient (Wildman–Crippen LogP) is 4.12. The van der Waals surface area contributed by atoms with E-state index in [4.69, 9.17) is 0 Å². The van der Waals surface area contributed by atoms with Crippen molar-refractivity contribution in [3.05, 3.63) is 29.8 Å². The number of rotatable bonds is 5. The number of hydrogen-bond acceptors (Lipinski definition) is 2. The van der Waals surface area contributed by atoms with E-state index in [1.165, 1.54) is 0 Å². The van der Waals surface area contributed by atoms with Crippen molar-refractivity contribution in [3.63, 3.8) is 0 Å². The largest absolute Gasteiger partial charge is 0.362 e. The van der Waals surface area contributed by atoms with E-state index in [0.29, 0.717) is 5.92 Å². The normalized spacial score (nSPS) is 21.9. The van der Waals surface area contributed by atoms with Crippen LogP contribution in [0.5, 0.6) is 0 Å². The van der Waals surface area contributed by atoms with Crippen molar-refractivity contribution in [2.45, 2.75) is 52.6 Å². The topological polar surface area (TPSA) is 32.3 Å². The Bertz CT molecular complexity index is 484. The van der Waals surface area contributed by atoms with Gasteiger partial charge in [0.15, 0.2) is 0 Å². The van der Waals surface area contributed by atoms with Gasteiger partial charge in [0.1, 0.15) is 5.66 Å². The highest BCUT2D eigenvalue weighted by atomic mass is 16.2. The fourth-order valence-corrected chi connectivity index (χ4v) is 3.13. The van der Waals surface area contributed by atoms with Crippen LogP contribution in [-0.2, 0) is 0 Å². The molecule has 1 unspecified atom stereocenters. The predicted molar refractivity (Wildman–Crippen MR) is 83.9 cm³/mol. The Hall–Kier alpha value is -1.51. The molecular weight excluding hydrogens is 248 g/mol. The molecule has 1 heterocycles. The quantitative estimate of drug-likeness (QED) is 0.876. The van der Waals surface area contributed by atoms with Crippen molar-refractivity contribution in [3.8, 4) is 0 Å². The molecule has 0 aromatic heterocycles. The first-order valence-electron chi connectivity index (χ1n) is 7.67. The minimum Gasteiger partial charge on any atom is -0.362 e. The number of unbranched alkanes of at least 4 members (excludes halogenated alkanes) is 1. The molecule has 0 saturated carbocycles. The van der Waals surface area contributed by atoms with Crippen molar-refractivity contribution in [1.82, 2.24) is 4.90 Å². The van der Waals surface area contributed by atoms with Crippen molar-refractivity contribution < 1.29 is 4.79 Å². The number of fused-ring (bicyclic) bond motifs is 1. The maximum Gasteiger partial charge on any atom is 0.257 e. The zero-order valence-corrected chi connectivity index (χ0v) is 13.1. The van der Waals surface area contributed by atoms with E-state index >= 15 is 0 Å². The Morgan fingerprint density at radius 3 is 2.65 bits per heavy atom. The molecule has 1 aliphatic heterocycles. The van der Waals surface area contributed by atoms with Gasteiger partial charge in [-0.25, -0.2) is 0 Å². The van der Waals surface area contributed by atoms with Gasteiger partial charge in [0.05, 0.1) is 5.56 Å². The number of hydrogen-bond donors (Lipinski definition) is 1. The summed E-state index contributed by atoms with van der Waals surface area (Å²) in [7, 11) is 0. The molecule has 1 amide bonds. The average Bonchev–Trinajstić information content (AvgIpc) is 2.37. The van der Waals surface area contributed by atoms with Crippen LogP contribution in [0.25, 0.3) is 0 Å². The van der Waals surface area contributed by atoms with Crippen LogP contribution in [0, 0.1) is 5.92 Å². The zero-order chi connectivity index (χ0) is 14.8. The van der Waals surface area contributed by atoms with E-state index in [2.05, 4.69) is 33.0 Å². The smallest absolute Gasteiger partial charge is 0.257 e. The van der Waals surface area contributed by atoms with Crippen LogP contribution in [0.2, 0.25) is 0 Å². The summed E-state index contributed by atoms with van der Waals surface area (Å²) < 4.78 is 0. The molecule has 3 heteroatoms. The lowest BCUT2D eigenvalue weighted by Gasteiger charge is -2.47. The van der Waals surface area contributed by atoms with Gasteiger partial charge >= 0.3 is 0 Å². The summed E-state index contributed by atoms with van der Waals surface area (Å²) in [6.07, 6.45) is 3.10. The van der Waals surface area contributed by atoms with Crippen LogP contribution in [0.4, 0.5) is 5.69 Å². The third kappa shape index (κ3) is 2.82. The molecule has 2 rings (SSSR count). The monoisotopic (exact) mass is 274 g/mol. The minimum atomic E-state index is -0.283.